The van der Waals surface area contributed by atoms with E-state index in [1.54, 1.807) is 18.2 Å². The number of ether oxygens (including phenoxy) is 1. The predicted molar refractivity (Wildman–Crippen MR) is 79.7 cm³/mol. The summed E-state index contributed by atoms with van der Waals surface area (Å²) in [5.74, 6) is 0.0875. The van der Waals surface area contributed by atoms with E-state index >= 15 is 0 Å². The molecule has 2 aromatic rings. The number of amides is 1. The summed E-state index contributed by atoms with van der Waals surface area (Å²) in [6.45, 7) is 3.82. The van der Waals surface area contributed by atoms with Crippen LogP contribution in [0.2, 0.25) is 0 Å². The largest absolute Gasteiger partial charge is 0.382 e. The Bertz CT molecular complexity index is 596. The van der Waals surface area contributed by atoms with E-state index in [1.807, 2.05) is 6.92 Å². The number of carbonyl (C=O) groups is 1. The lowest BCUT2D eigenvalue weighted by atomic mass is 10.1. The molecule has 1 heterocycles. The SMILES string of the molecule is CCOCCCNC(=O)Cc1cc(-c2ccc(F)cc2)on1. The minimum atomic E-state index is -0.310. The molecule has 0 saturated heterocycles. The topological polar surface area (TPSA) is 64.4 Å². The van der Waals surface area contributed by atoms with Gasteiger partial charge in [0.2, 0.25) is 5.91 Å². The third-order valence-corrected chi connectivity index (χ3v) is 3.02. The van der Waals surface area contributed by atoms with Crippen molar-refractivity contribution in [2.75, 3.05) is 19.8 Å². The lowest BCUT2D eigenvalue weighted by Gasteiger charge is -2.03. The van der Waals surface area contributed by atoms with Crippen LogP contribution in [0.25, 0.3) is 11.3 Å². The molecule has 1 amide bonds. The van der Waals surface area contributed by atoms with Crippen molar-refractivity contribution in [3.05, 3.63) is 41.8 Å². The number of benzene rings is 1. The van der Waals surface area contributed by atoms with E-state index in [0.29, 0.717) is 31.2 Å². The normalized spacial score (nSPS) is 10.6. The molecule has 0 aliphatic rings. The Balaban J connectivity index is 1.81. The quantitative estimate of drug-likeness (QED) is 0.761. The molecule has 5 nitrogen and oxygen atoms in total. The molecule has 0 spiro atoms. The van der Waals surface area contributed by atoms with Crippen LogP contribution < -0.4 is 5.32 Å². The molecule has 0 fully saturated rings. The Morgan fingerprint density at radius 1 is 1.36 bits per heavy atom. The summed E-state index contributed by atoms with van der Waals surface area (Å²) in [7, 11) is 0. The van der Waals surface area contributed by atoms with Crippen molar-refractivity contribution in [3.63, 3.8) is 0 Å². The van der Waals surface area contributed by atoms with Crippen LogP contribution in [0.5, 0.6) is 0 Å². The van der Waals surface area contributed by atoms with Crippen LogP contribution in [0.1, 0.15) is 19.0 Å². The van der Waals surface area contributed by atoms with Gasteiger partial charge in [-0.2, -0.15) is 0 Å². The first-order chi connectivity index (χ1) is 10.7. The van der Waals surface area contributed by atoms with Crippen LogP contribution in [0.15, 0.2) is 34.9 Å². The molecule has 0 aliphatic heterocycles. The smallest absolute Gasteiger partial charge is 0.226 e. The highest BCUT2D eigenvalue weighted by atomic mass is 19.1. The maximum absolute atomic E-state index is 12.9. The van der Waals surface area contributed by atoms with Crippen molar-refractivity contribution in [3.8, 4) is 11.3 Å². The summed E-state index contributed by atoms with van der Waals surface area (Å²) in [4.78, 5) is 11.8. The highest BCUT2D eigenvalue weighted by Crippen LogP contribution is 2.20. The molecule has 1 N–H and O–H groups in total. The minimum Gasteiger partial charge on any atom is -0.382 e. The van der Waals surface area contributed by atoms with E-state index in [4.69, 9.17) is 9.26 Å². The van der Waals surface area contributed by atoms with E-state index in [9.17, 15) is 9.18 Å². The molecule has 118 valence electrons. The van der Waals surface area contributed by atoms with Crippen LogP contribution >= 0.6 is 0 Å². The van der Waals surface area contributed by atoms with Gasteiger partial charge in [-0.25, -0.2) is 4.39 Å². The molecule has 1 aromatic heterocycles. The Kier molecular flexibility index (Phi) is 6.09. The van der Waals surface area contributed by atoms with Crippen molar-refractivity contribution in [1.82, 2.24) is 10.5 Å². The van der Waals surface area contributed by atoms with Crippen molar-refractivity contribution in [1.29, 1.82) is 0 Å². The number of aromatic nitrogens is 1. The third-order valence-electron chi connectivity index (χ3n) is 3.02. The molecule has 0 radical (unpaired) electrons. The molecule has 1 aromatic carbocycles. The zero-order valence-electron chi connectivity index (χ0n) is 12.5. The van der Waals surface area contributed by atoms with E-state index in [2.05, 4.69) is 10.5 Å². The highest BCUT2D eigenvalue weighted by Gasteiger charge is 2.10. The molecular formula is C16H19FN2O3. The van der Waals surface area contributed by atoms with E-state index in [-0.39, 0.29) is 18.1 Å². The molecule has 0 aliphatic carbocycles. The highest BCUT2D eigenvalue weighted by molar-refractivity contribution is 5.78. The van der Waals surface area contributed by atoms with Crippen molar-refractivity contribution >= 4 is 5.91 Å². The van der Waals surface area contributed by atoms with Crippen LogP contribution in [-0.2, 0) is 16.0 Å². The van der Waals surface area contributed by atoms with Crippen molar-refractivity contribution in [2.45, 2.75) is 19.8 Å². The fourth-order valence-corrected chi connectivity index (χ4v) is 1.92. The summed E-state index contributed by atoms with van der Waals surface area (Å²) < 4.78 is 23.2. The second kappa shape index (κ2) is 8.29. The van der Waals surface area contributed by atoms with E-state index in [1.165, 1.54) is 12.1 Å². The Hall–Kier alpha value is -2.21. The van der Waals surface area contributed by atoms with Gasteiger partial charge in [0, 0.05) is 31.4 Å². The summed E-state index contributed by atoms with van der Waals surface area (Å²) in [5.41, 5.74) is 1.26. The zero-order valence-corrected chi connectivity index (χ0v) is 12.5. The van der Waals surface area contributed by atoms with Gasteiger partial charge >= 0.3 is 0 Å². The van der Waals surface area contributed by atoms with Gasteiger partial charge in [-0.15, -0.1) is 0 Å². The Morgan fingerprint density at radius 3 is 2.86 bits per heavy atom. The van der Waals surface area contributed by atoms with Crippen molar-refractivity contribution in [2.24, 2.45) is 0 Å². The van der Waals surface area contributed by atoms with Crippen molar-refractivity contribution < 1.29 is 18.4 Å². The number of hydrogen-bond donors (Lipinski definition) is 1. The second-order valence-electron chi connectivity index (χ2n) is 4.77. The Morgan fingerprint density at radius 2 is 2.14 bits per heavy atom. The first kappa shape index (κ1) is 16.2. The van der Waals surface area contributed by atoms with Gasteiger partial charge in [0.25, 0.3) is 0 Å². The minimum absolute atomic E-state index is 0.115. The first-order valence-electron chi connectivity index (χ1n) is 7.25. The molecule has 2 rings (SSSR count). The third kappa shape index (κ3) is 4.96. The van der Waals surface area contributed by atoms with Crippen LogP contribution in [0.3, 0.4) is 0 Å². The molecular weight excluding hydrogens is 287 g/mol. The number of carbonyl (C=O) groups excluding carboxylic acids is 1. The summed E-state index contributed by atoms with van der Waals surface area (Å²) >= 11 is 0. The number of hydrogen-bond acceptors (Lipinski definition) is 4. The summed E-state index contributed by atoms with van der Waals surface area (Å²) in [6.07, 6.45) is 0.929. The average Bonchev–Trinajstić information content (AvgIpc) is 2.96. The van der Waals surface area contributed by atoms with E-state index < -0.39 is 0 Å². The molecule has 6 heteroatoms. The summed E-state index contributed by atoms with van der Waals surface area (Å²) in [5, 5.41) is 6.65. The average molecular weight is 306 g/mol. The number of nitrogens with zero attached hydrogens (tertiary/aromatic N) is 1. The van der Waals surface area contributed by atoms with Gasteiger partial charge in [-0.3, -0.25) is 4.79 Å². The fraction of sp³-hybridized carbons (Fsp3) is 0.375. The van der Waals surface area contributed by atoms with Crippen LogP contribution in [0.4, 0.5) is 4.39 Å². The van der Waals surface area contributed by atoms with Gasteiger partial charge in [-0.1, -0.05) is 5.16 Å². The standard InChI is InChI=1S/C16H19FN2O3/c1-2-21-9-3-8-18-16(20)11-14-10-15(22-19-14)12-4-6-13(17)7-5-12/h4-7,10H,2-3,8-9,11H2,1H3,(H,18,20). The molecule has 0 atom stereocenters. The maximum Gasteiger partial charge on any atom is 0.226 e. The number of nitrogens with one attached hydrogen (secondary N) is 1. The first-order valence-corrected chi connectivity index (χ1v) is 7.25. The number of halogens is 1. The lowest BCUT2D eigenvalue weighted by Crippen LogP contribution is -2.26. The fourth-order valence-electron chi connectivity index (χ4n) is 1.92. The molecule has 0 unspecified atom stereocenters. The van der Waals surface area contributed by atoms with Gasteiger partial charge in [0.05, 0.1) is 12.1 Å². The van der Waals surface area contributed by atoms with Gasteiger partial charge in [0.15, 0.2) is 5.76 Å². The molecule has 22 heavy (non-hydrogen) atoms. The second-order valence-corrected chi connectivity index (χ2v) is 4.77. The van der Waals surface area contributed by atoms with Gasteiger partial charge < -0.3 is 14.6 Å². The molecule has 0 saturated carbocycles. The molecule has 0 bridgehead atoms. The van der Waals surface area contributed by atoms with Gasteiger partial charge in [0.1, 0.15) is 5.82 Å². The number of rotatable bonds is 8. The Labute approximate surface area is 128 Å². The predicted octanol–water partition coefficient (Wildman–Crippen LogP) is 2.57. The van der Waals surface area contributed by atoms with Crippen LogP contribution in [-0.4, -0.2) is 30.8 Å². The van der Waals surface area contributed by atoms with E-state index in [0.717, 1.165) is 12.0 Å². The lowest BCUT2D eigenvalue weighted by molar-refractivity contribution is -0.120. The van der Waals surface area contributed by atoms with Gasteiger partial charge in [-0.05, 0) is 37.6 Å². The monoisotopic (exact) mass is 306 g/mol. The maximum atomic E-state index is 12.9. The van der Waals surface area contributed by atoms with Crippen LogP contribution in [0, 0.1) is 5.82 Å². The summed E-state index contributed by atoms with van der Waals surface area (Å²) in [6, 6.07) is 7.60. The zero-order chi connectivity index (χ0) is 15.8.